The number of aliphatic carboxylic acids is 1. The number of rotatable bonds is 8. The van der Waals surface area contributed by atoms with Gasteiger partial charge in [0.25, 0.3) is 0 Å². The number of nitrogens with two attached hydrogens (primary N) is 1. The number of carbonyl (C=O) groups is 2. The van der Waals surface area contributed by atoms with E-state index in [0.29, 0.717) is 12.0 Å². The minimum Gasteiger partial charge on any atom is -0.480 e. The lowest BCUT2D eigenvalue weighted by Crippen LogP contribution is -2.53. The molecule has 0 bridgehead atoms. The summed E-state index contributed by atoms with van der Waals surface area (Å²) in [6, 6.07) is 12.8. The summed E-state index contributed by atoms with van der Waals surface area (Å²) in [5, 5.41) is 11.8. The molecule has 132 valence electrons. The molecule has 0 aromatic heterocycles. The predicted octanol–water partition coefficient (Wildman–Crippen LogP) is 1.01. The fourth-order valence-corrected chi connectivity index (χ4v) is 2.41. The number of nitrogens with one attached hydrogen (secondary N) is 2. The summed E-state index contributed by atoms with van der Waals surface area (Å²) in [6.07, 6.45) is 0.371. The van der Waals surface area contributed by atoms with Crippen molar-refractivity contribution in [1.82, 2.24) is 10.7 Å². The van der Waals surface area contributed by atoms with Crippen molar-refractivity contribution in [3.63, 3.8) is 0 Å². The first-order chi connectivity index (χ1) is 12.0. The lowest BCUT2D eigenvalue weighted by molar-refractivity contribution is -0.142. The van der Waals surface area contributed by atoms with Crippen molar-refractivity contribution in [2.24, 2.45) is 5.84 Å². The Labute approximate surface area is 144 Å². The molecule has 0 aliphatic heterocycles. The highest BCUT2D eigenvalue weighted by Gasteiger charge is 2.25. The van der Waals surface area contributed by atoms with Crippen LogP contribution >= 0.6 is 0 Å². The first-order valence-electron chi connectivity index (χ1n) is 7.77. The van der Waals surface area contributed by atoms with Crippen LogP contribution < -0.4 is 16.6 Å². The zero-order chi connectivity index (χ0) is 18.2. The quantitative estimate of drug-likeness (QED) is 0.422. The van der Waals surface area contributed by atoms with Gasteiger partial charge in [-0.15, -0.1) is 0 Å². The fourth-order valence-electron chi connectivity index (χ4n) is 2.41. The van der Waals surface area contributed by atoms with Gasteiger partial charge in [-0.2, -0.15) is 0 Å². The van der Waals surface area contributed by atoms with Gasteiger partial charge in [0.15, 0.2) is 0 Å². The largest absolute Gasteiger partial charge is 0.480 e. The molecule has 0 spiro atoms. The summed E-state index contributed by atoms with van der Waals surface area (Å²) < 4.78 is 12.9. The average Bonchev–Trinajstić information content (AvgIpc) is 2.61. The highest BCUT2D eigenvalue weighted by atomic mass is 19.1. The van der Waals surface area contributed by atoms with Gasteiger partial charge < -0.3 is 10.4 Å². The number of hydrogen-bond acceptors (Lipinski definition) is 4. The Bertz CT molecular complexity index is 707. The van der Waals surface area contributed by atoms with Gasteiger partial charge in [0.05, 0.1) is 0 Å². The van der Waals surface area contributed by atoms with Crippen LogP contribution in [0.4, 0.5) is 4.39 Å². The Morgan fingerprint density at radius 2 is 1.52 bits per heavy atom. The maximum atomic E-state index is 12.9. The molecule has 0 fully saturated rings. The first-order valence-corrected chi connectivity index (χ1v) is 7.77. The molecule has 0 saturated carbocycles. The second-order valence-electron chi connectivity index (χ2n) is 5.64. The molecule has 0 saturated heterocycles. The number of carboxylic acids is 1. The molecule has 25 heavy (non-hydrogen) atoms. The van der Waals surface area contributed by atoms with Crippen molar-refractivity contribution >= 4 is 11.9 Å². The molecule has 0 unspecified atom stereocenters. The van der Waals surface area contributed by atoms with Crippen molar-refractivity contribution in [2.75, 3.05) is 0 Å². The third-order valence-electron chi connectivity index (χ3n) is 3.77. The van der Waals surface area contributed by atoms with Gasteiger partial charge in [-0.3, -0.25) is 10.6 Å². The van der Waals surface area contributed by atoms with E-state index >= 15 is 0 Å². The first kappa shape index (κ1) is 18.6. The zero-order valence-corrected chi connectivity index (χ0v) is 13.5. The second kappa shape index (κ2) is 8.91. The summed E-state index contributed by atoms with van der Waals surface area (Å²) in [7, 11) is 0. The highest BCUT2D eigenvalue weighted by Crippen LogP contribution is 2.08. The molecular weight excluding hydrogens is 325 g/mol. The van der Waals surface area contributed by atoms with Crippen LogP contribution in [-0.4, -0.2) is 29.1 Å². The summed E-state index contributed by atoms with van der Waals surface area (Å²) in [5.41, 5.74) is 3.91. The van der Waals surface area contributed by atoms with Crippen LogP contribution in [0.1, 0.15) is 11.1 Å². The predicted molar refractivity (Wildman–Crippen MR) is 90.9 cm³/mol. The highest BCUT2D eigenvalue weighted by molar-refractivity contribution is 5.87. The average molecular weight is 345 g/mol. The number of halogens is 1. The Morgan fingerprint density at radius 3 is 2.08 bits per heavy atom. The van der Waals surface area contributed by atoms with E-state index in [0.717, 1.165) is 5.56 Å². The number of carbonyl (C=O) groups excluding carboxylic acids is 1. The molecule has 2 rings (SSSR count). The van der Waals surface area contributed by atoms with E-state index in [1.54, 1.807) is 0 Å². The SMILES string of the molecule is NN[C@@H](Cc1ccccc1)C(=O)N[C@@H](Cc1ccc(F)cc1)C(=O)O. The molecule has 2 atom stereocenters. The van der Waals surface area contributed by atoms with Crippen molar-refractivity contribution in [3.8, 4) is 0 Å². The molecule has 2 aromatic carbocycles. The number of hydrazine groups is 1. The van der Waals surface area contributed by atoms with Crippen LogP contribution in [0.2, 0.25) is 0 Å². The van der Waals surface area contributed by atoms with E-state index in [9.17, 15) is 19.1 Å². The summed E-state index contributed by atoms with van der Waals surface area (Å²) >= 11 is 0. The lowest BCUT2D eigenvalue weighted by Gasteiger charge is -2.20. The molecule has 2 aromatic rings. The Hall–Kier alpha value is -2.77. The van der Waals surface area contributed by atoms with Crippen molar-refractivity contribution in [2.45, 2.75) is 24.9 Å². The minimum absolute atomic E-state index is 0.0456. The van der Waals surface area contributed by atoms with Crippen LogP contribution in [0.5, 0.6) is 0 Å². The van der Waals surface area contributed by atoms with Crippen molar-refractivity contribution in [3.05, 3.63) is 71.5 Å². The number of amides is 1. The molecule has 0 heterocycles. The monoisotopic (exact) mass is 345 g/mol. The zero-order valence-electron chi connectivity index (χ0n) is 13.5. The van der Waals surface area contributed by atoms with E-state index in [2.05, 4.69) is 10.7 Å². The van der Waals surface area contributed by atoms with Crippen LogP contribution in [-0.2, 0) is 22.4 Å². The van der Waals surface area contributed by atoms with Gasteiger partial charge in [0, 0.05) is 6.42 Å². The lowest BCUT2D eigenvalue weighted by atomic mass is 10.0. The second-order valence-corrected chi connectivity index (χ2v) is 5.64. The van der Waals surface area contributed by atoms with Crippen LogP contribution in [0.3, 0.4) is 0 Å². The van der Waals surface area contributed by atoms with E-state index in [4.69, 9.17) is 5.84 Å². The molecule has 7 heteroatoms. The Kier molecular flexibility index (Phi) is 6.62. The third kappa shape index (κ3) is 5.66. The maximum Gasteiger partial charge on any atom is 0.326 e. The van der Waals surface area contributed by atoms with E-state index in [1.807, 2.05) is 30.3 Å². The van der Waals surface area contributed by atoms with Gasteiger partial charge in [-0.25, -0.2) is 14.6 Å². The van der Waals surface area contributed by atoms with Crippen LogP contribution in [0, 0.1) is 5.82 Å². The van der Waals surface area contributed by atoms with Gasteiger partial charge in [0.1, 0.15) is 17.9 Å². The van der Waals surface area contributed by atoms with Gasteiger partial charge in [-0.05, 0) is 29.7 Å². The van der Waals surface area contributed by atoms with Gasteiger partial charge in [0.2, 0.25) is 5.91 Å². The minimum atomic E-state index is -1.17. The van der Waals surface area contributed by atoms with Crippen molar-refractivity contribution in [1.29, 1.82) is 0 Å². The third-order valence-corrected chi connectivity index (χ3v) is 3.77. The summed E-state index contributed by atoms with van der Waals surface area (Å²) in [4.78, 5) is 23.8. The molecular formula is C18H20FN3O3. The number of carboxylic acid groups (broad SMARTS) is 1. The van der Waals surface area contributed by atoms with Crippen LogP contribution in [0.15, 0.2) is 54.6 Å². The fraction of sp³-hybridized carbons (Fsp3) is 0.222. The topological polar surface area (TPSA) is 104 Å². The maximum absolute atomic E-state index is 12.9. The number of benzene rings is 2. The van der Waals surface area contributed by atoms with Gasteiger partial charge in [-0.1, -0.05) is 42.5 Å². The van der Waals surface area contributed by atoms with Crippen LogP contribution in [0.25, 0.3) is 0 Å². The van der Waals surface area contributed by atoms with Gasteiger partial charge >= 0.3 is 5.97 Å². The smallest absolute Gasteiger partial charge is 0.326 e. The summed E-state index contributed by atoms with van der Waals surface area (Å²) in [6.45, 7) is 0. The van der Waals surface area contributed by atoms with E-state index in [1.165, 1.54) is 24.3 Å². The standard InChI is InChI=1S/C18H20FN3O3/c19-14-8-6-13(7-9-14)11-16(18(24)25)21-17(23)15(22-20)10-12-4-2-1-3-5-12/h1-9,15-16,22H,10-11,20H2,(H,21,23)(H,24,25)/t15-,16-/m0/s1. The van der Waals surface area contributed by atoms with E-state index < -0.39 is 29.8 Å². The summed E-state index contributed by atoms with van der Waals surface area (Å²) in [5.74, 6) is 3.35. The van der Waals surface area contributed by atoms with E-state index in [-0.39, 0.29) is 6.42 Å². The Morgan fingerprint density at radius 1 is 0.960 bits per heavy atom. The Balaban J connectivity index is 2.02. The molecule has 6 nitrogen and oxygen atoms in total. The normalized spacial score (nSPS) is 13.0. The number of hydrogen-bond donors (Lipinski definition) is 4. The molecule has 1 amide bonds. The molecule has 0 aliphatic rings. The molecule has 0 radical (unpaired) electrons. The molecule has 0 aliphatic carbocycles. The van der Waals surface area contributed by atoms with Crippen molar-refractivity contribution < 1.29 is 19.1 Å². The molecule has 5 N–H and O–H groups in total.